The van der Waals surface area contributed by atoms with Gasteiger partial charge in [0.2, 0.25) is 15.9 Å². The minimum Gasteiger partial charge on any atom is -0.302 e. The van der Waals surface area contributed by atoms with Gasteiger partial charge >= 0.3 is 0 Å². The van der Waals surface area contributed by atoms with Crippen LogP contribution in [0.4, 0.5) is 5.13 Å². The number of nitrogens with zero attached hydrogens (tertiary/aromatic N) is 3. The lowest BCUT2D eigenvalue weighted by atomic mass is 10.2. The van der Waals surface area contributed by atoms with Crippen molar-refractivity contribution in [3.05, 3.63) is 40.9 Å². The molecule has 0 aliphatic carbocycles. The standard InChI is InChI=1S/C17H22N4O3S2/c1-13-3-5-16(6-4-13)26(23,24)21-9-7-20(8-10-21)11-15-12-25-17(19-15)18-14(2)22/h3-6,12H,7-11H2,1-2H3,(H,18,19,22). The van der Waals surface area contributed by atoms with E-state index >= 15 is 0 Å². The van der Waals surface area contributed by atoms with Crippen molar-refractivity contribution in [1.82, 2.24) is 14.2 Å². The Labute approximate surface area is 157 Å². The first-order valence-corrected chi connectivity index (χ1v) is 10.7. The molecule has 1 aromatic carbocycles. The van der Waals surface area contributed by atoms with Crippen LogP contribution in [0.15, 0.2) is 34.5 Å². The Kier molecular flexibility index (Phi) is 5.71. The van der Waals surface area contributed by atoms with Crippen molar-refractivity contribution in [2.45, 2.75) is 25.3 Å². The summed E-state index contributed by atoms with van der Waals surface area (Å²) in [6.45, 7) is 6.25. The number of carbonyl (C=O) groups is 1. The Hall–Kier alpha value is -1.81. The first-order chi connectivity index (χ1) is 12.3. The quantitative estimate of drug-likeness (QED) is 0.838. The summed E-state index contributed by atoms with van der Waals surface area (Å²) in [5.74, 6) is -0.138. The molecule has 1 aliphatic heterocycles. The van der Waals surface area contributed by atoms with Crippen LogP contribution < -0.4 is 5.32 Å². The average Bonchev–Trinajstić information content (AvgIpc) is 3.02. The SMILES string of the molecule is CC(=O)Nc1nc(CN2CCN(S(=O)(=O)c3ccc(C)cc3)CC2)cs1. The highest BCUT2D eigenvalue weighted by molar-refractivity contribution is 7.89. The number of amides is 1. The predicted molar refractivity (Wildman–Crippen MR) is 102 cm³/mol. The highest BCUT2D eigenvalue weighted by Gasteiger charge is 2.28. The first kappa shape index (κ1) is 19.0. The van der Waals surface area contributed by atoms with Gasteiger partial charge in [0.15, 0.2) is 5.13 Å². The third-order valence-electron chi connectivity index (χ3n) is 4.21. The van der Waals surface area contributed by atoms with E-state index in [2.05, 4.69) is 15.2 Å². The molecule has 0 spiro atoms. The minimum atomic E-state index is -3.44. The molecular formula is C17H22N4O3S2. The van der Waals surface area contributed by atoms with Gasteiger partial charge in [-0.2, -0.15) is 4.31 Å². The van der Waals surface area contributed by atoms with E-state index in [-0.39, 0.29) is 5.91 Å². The summed E-state index contributed by atoms with van der Waals surface area (Å²) in [5.41, 5.74) is 1.92. The second-order valence-corrected chi connectivity index (χ2v) is 9.11. The van der Waals surface area contributed by atoms with E-state index in [9.17, 15) is 13.2 Å². The van der Waals surface area contributed by atoms with Gasteiger partial charge in [0.1, 0.15) is 0 Å². The fraction of sp³-hybridized carbons (Fsp3) is 0.412. The zero-order valence-corrected chi connectivity index (χ0v) is 16.4. The number of sulfonamides is 1. The second kappa shape index (κ2) is 7.83. The molecule has 140 valence electrons. The van der Waals surface area contributed by atoms with Crippen molar-refractivity contribution in [1.29, 1.82) is 0 Å². The van der Waals surface area contributed by atoms with Crippen LogP contribution in [0.25, 0.3) is 0 Å². The largest absolute Gasteiger partial charge is 0.302 e. The fourth-order valence-electron chi connectivity index (χ4n) is 2.80. The van der Waals surface area contributed by atoms with Gasteiger partial charge in [0.25, 0.3) is 0 Å². The maximum Gasteiger partial charge on any atom is 0.243 e. The molecule has 2 heterocycles. The van der Waals surface area contributed by atoms with E-state index in [1.165, 1.54) is 22.6 Å². The van der Waals surface area contributed by atoms with Crippen LogP contribution in [0.2, 0.25) is 0 Å². The number of nitrogens with one attached hydrogen (secondary N) is 1. The molecule has 0 saturated carbocycles. The monoisotopic (exact) mass is 394 g/mol. The van der Waals surface area contributed by atoms with Crippen LogP contribution in [0.5, 0.6) is 0 Å². The summed E-state index contributed by atoms with van der Waals surface area (Å²) in [6.07, 6.45) is 0. The highest BCUT2D eigenvalue weighted by atomic mass is 32.2. The van der Waals surface area contributed by atoms with Gasteiger partial charge in [-0.3, -0.25) is 9.69 Å². The topological polar surface area (TPSA) is 82.6 Å². The van der Waals surface area contributed by atoms with Gasteiger partial charge in [0.05, 0.1) is 10.6 Å². The summed E-state index contributed by atoms with van der Waals surface area (Å²) < 4.78 is 27.0. The molecule has 0 bridgehead atoms. The summed E-state index contributed by atoms with van der Waals surface area (Å²) >= 11 is 1.39. The minimum absolute atomic E-state index is 0.138. The number of carbonyl (C=O) groups excluding carboxylic acids is 1. The highest BCUT2D eigenvalue weighted by Crippen LogP contribution is 2.20. The van der Waals surface area contributed by atoms with Crippen LogP contribution in [-0.4, -0.2) is 54.7 Å². The third-order valence-corrected chi connectivity index (χ3v) is 6.93. The van der Waals surface area contributed by atoms with Crippen LogP contribution in [-0.2, 0) is 21.4 Å². The predicted octanol–water partition coefficient (Wildman–Crippen LogP) is 1.92. The molecule has 26 heavy (non-hydrogen) atoms. The van der Waals surface area contributed by atoms with Crippen LogP contribution >= 0.6 is 11.3 Å². The lowest BCUT2D eigenvalue weighted by Crippen LogP contribution is -2.48. The molecule has 0 unspecified atom stereocenters. The number of thiazole rings is 1. The maximum atomic E-state index is 12.7. The molecule has 7 nitrogen and oxygen atoms in total. The van der Waals surface area contributed by atoms with E-state index in [1.54, 1.807) is 12.1 Å². The summed E-state index contributed by atoms with van der Waals surface area (Å²) in [6, 6.07) is 6.96. The number of benzene rings is 1. The second-order valence-electron chi connectivity index (χ2n) is 6.32. The molecule has 9 heteroatoms. The number of piperazine rings is 1. The van der Waals surface area contributed by atoms with Gasteiger partial charge in [-0.05, 0) is 19.1 Å². The maximum absolute atomic E-state index is 12.7. The normalized spacial score (nSPS) is 16.5. The average molecular weight is 395 g/mol. The zero-order valence-electron chi connectivity index (χ0n) is 14.8. The Bertz CT molecular complexity index is 870. The van der Waals surface area contributed by atoms with E-state index < -0.39 is 10.0 Å². The molecule has 2 aromatic rings. The summed E-state index contributed by atoms with van der Waals surface area (Å²) in [4.78, 5) is 18.0. The number of hydrogen-bond donors (Lipinski definition) is 1. The Morgan fingerprint density at radius 3 is 2.46 bits per heavy atom. The zero-order chi connectivity index (χ0) is 18.7. The van der Waals surface area contributed by atoms with Gasteiger partial charge in [-0.25, -0.2) is 13.4 Å². The number of hydrogen-bond acceptors (Lipinski definition) is 6. The lowest BCUT2D eigenvalue weighted by molar-refractivity contribution is -0.114. The molecule has 0 atom stereocenters. The van der Waals surface area contributed by atoms with Gasteiger partial charge in [-0.15, -0.1) is 11.3 Å². The van der Waals surface area contributed by atoms with Crippen molar-refractivity contribution in [2.75, 3.05) is 31.5 Å². The molecule has 1 N–H and O–H groups in total. The number of aromatic nitrogens is 1. The molecule has 1 fully saturated rings. The molecular weight excluding hydrogens is 372 g/mol. The van der Waals surface area contributed by atoms with Gasteiger partial charge in [0, 0.05) is 45.0 Å². The Morgan fingerprint density at radius 1 is 1.19 bits per heavy atom. The van der Waals surface area contributed by atoms with Crippen LogP contribution in [0.1, 0.15) is 18.2 Å². The van der Waals surface area contributed by atoms with Crippen LogP contribution in [0, 0.1) is 6.92 Å². The van der Waals surface area contributed by atoms with Crippen molar-refractivity contribution in [3.63, 3.8) is 0 Å². The van der Waals surface area contributed by atoms with Crippen molar-refractivity contribution in [2.24, 2.45) is 0 Å². The fourth-order valence-corrected chi connectivity index (χ4v) is 4.97. The molecule has 3 rings (SSSR count). The number of anilines is 1. The van der Waals surface area contributed by atoms with Gasteiger partial charge in [-0.1, -0.05) is 17.7 Å². The number of rotatable bonds is 5. The van der Waals surface area contributed by atoms with E-state index in [0.29, 0.717) is 42.8 Å². The van der Waals surface area contributed by atoms with Crippen molar-refractivity contribution < 1.29 is 13.2 Å². The van der Waals surface area contributed by atoms with E-state index in [1.807, 2.05) is 24.4 Å². The van der Waals surface area contributed by atoms with Crippen molar-refractivity contribution >= 4 is 32.4 Å². The first-order valence-electron chi connectivity index (χ1n) is 8.36. The lowest BCUT2D eigenvalue weighted by Gasteiger charge is -2.33. The Balaban J connectivity index is 1.57. The molecule has 1 aromatic heterocycles. The van der Waals surface area contributed by atoms with E-state index in [0.717, 1.165) is 11.3 Å². The number of aryl methyl sites for hydroxylation is 1. The smallest absolute Gasteiger partial charge is 0.243 e. The third kappa shape index (κ3) is 4.47. The molecule has 0 radical (unpaired) electrons. The van der Waals surface area contributed by atoms with Crippen molar-refractivity contribution in [3.8, 4) is 0 Å². The molecule has 1 saturated heterocycles. The summed E-state index contributed by atoms with van der Waals surface area (Å²) in [5, 5.41) is 5.18. The van der Waals surface area contributed by atoms with Crippen LogP contribution in [0.3, 0.4) is 0 Å². The summed E-state index contributed by atoms with van der Waals surface area (Å²) in [7, 11) is -3.44. The van der Waals surface area contributed by atoms with Gasteiger partial charge < -0.3 is 5.32 Å². The molecule has 1 amide bonds. The van der Waals surface area contributed by atoms with E-state index in [4.69, 9.17) is 0 Å². The molecule has 1 aliphatic rings. The Morgan fingerprint density at radius 2 is 1.85 bits per heavy atom.